The molecule has 0 atom stereocenters. The van der Waals surface area contributed by atoms with E-state index in [0.717, 1.165) is 5.56 Å². The second-order valence-electron chi connectivity index (χ2n) is 5.62. The molecule has 1 N–H and O–H groups in total. The summed E-state index contributed by atoms with van der Waals surface area (Å²) in [4.78, 5) is 26.5. The van der Waals surface area contributed by atoms with Crippen molar-refractivity contribution in [3.05, 3.63) is 82.2 Å². The van der Waals surface area contributed by atoms with Crippen LogP contribution in [-0.2, 0) is 9.59 Å². The highest BCUT2D eigenvalue weighted by atomic mass is 35.5. The molecule has 2 amide bonds. The van der Waals surface area contributed by atoms with Crippen molar-refractivity contribution in [3.63, 3.8) is 0 Å². The Morgan fingerprint density at radius 3 is 2.56 bits per heavy atom. The zero-order chi connectivity index (χ0) is 19.2. The Bertz CT molecular complexity index is 925. The Balaban J connectivity index is 1.61. The Kier molecular flexibility index (Phi) is 6.45. The second kappa shape index (κ2) is 8.99. The van der Waals surface area contributed by atoms with Gasteiger partial charge in [-0.2, -0.15) is 0 Å². The van der Waals surface area contributed by atoms with E-state index in [4.69, 9.17) is 23.8 Å². The molecule has 0 aromatic heterocycles. The van der Waals surface area contributed by atoms with Gasteiger partial charge in [-0.1, -0.05) is 78.1 Å². The van der Waals surface area contributed by atoms with Crippen molar-refractivity contribution in [2.45, 2.75) is 0 Å². The highest BCUT2D eigenvalue weighted by molar-refractivity contribution is 8.26. The Labute approximate surface area is 171 Å². The molecule has 2 aromatic rings. The van der Waals surface area contributed by atoms with Gasteiger partial charge in [0.1, 0.15) is 10.9 Å². The van der Waals surface area contributed by atoms with Gasteiger partial charge in [-0.15, -0.1) is 0 Å². The van der Waals surface area contributed by atoms with Gasteiger partial charge in [0.05, 0.1) is 4.91 Å². The number of thioether (sulfide) groups is 1. The highest BCUT2D eigenvalue weighted by Gasteiger charge is 2.32. The number of benzene rings is 2. The molecule has 0 unspecified atom stereocenters. The summed E-state index contributed by atoms with van der Waals surface area (Å²) >= 11 is 12.3. The lowest BCUT2D eigenvalue weighted by Crippen LogP contribution is -2.36. The van der Waals surface area contributed by atoms with Gasteiger partial charge >= 0.3 is 0 Å². The van der Waals surface area contributed by atoms with E-state index >= 15 is 0 Å². The van der Waals surface area contributed by atoms with Crippen LogP contribution in [0, 0.1) is 0 Å². The average molecular weight is 415 g/mol. The van der Waals surface area contributed by atoms with Crippen LogP contribution in [0.2, 0.25) is 5.02 Å². The van der Waals surface area contributed by atoms with Gasteiger partial charge in [0, 0.05) is 10.7 Å². The minimum atomic E-state index is -0.324. The third-order valence-corrected chi connectivity index (χ3v) is 5.29. The first-order chi connectivity index (χ1) is 13.0. The van der Waals surface area contributed by atoms with Crippen LogP contribution in [0.25, 0.3) is 6.08 Å². The third kappa shape index (κ3) is 5.29. The van der Waals surface area contributed by atoms with Crippen molar-refractivity contribution in [1.29, 1.82) is 0 Å². The molecule has 1 aliphatic heterocycles. The largest absolute Gasteiger partial charge is 0.325 e. The summed E-state index contributed by atoms with van der Waals surface area (Å²) in [5.74, 6) is -0.594. The van der Waals surface area contributed by atoms with Gasteiger partial charge < -0.3 is 5.32 Å². The molecule has 136 valence electrons. The number of nitrogens with zero attached hydrogens (tertiary/aromatic N) is 1. The van der Waals surface area contributed by atoms with E-state index in [-0.39, 0.29) is 18.4 Å². The SMILES string of the molecule is O=C(CN1C(=O)/C(=C/C=C/c2ccccc2)SC1=S)Nc1ccc(Cl)cc1. The van der Waals surface area contributed by atoms with Crippen LogP contribution in [0.3, 0.4) is 0 Å². The van der Waals surface area contributed by atoms with E-state index in [2.05, 4.69) is 5.32 Å². The highest BCUT2D eigenvalue weighted by Crippen LogP contribution is 2.30. The summed E-state index contributed by atoms with van der Waals surface area (Å²) < 4.78 is 0.366. The maximum Gasteiger partial charge on any atom is 0.266 e. The molecule has 1 fully saturated rings. The molecule has 1 aliphatic rings. The van der Waals surface area contributed by atoms with Crippen LogP contribution in [-0.4, -0.2) is 27.6 Å². The van der Waals surface area contributed by atoms with E-state index < -0.39 is 0 Å². The van der Waals surface area contributed by atoms with Crippen LogP contribution < -0.4 is 5.32 Å². The number of amides is 2. The molecule has 1 heterocycles. The van der Waals surface area contributed by atoms with Crippen LogP contribution in [0.1, 0.15) is 5.56 Å². The standard InChI is InChI=1S/C20H15ClN2O2S2/c21-15-9-11-16(12-10-15)22-18(24)13-23-19(25)17(27-20(23)26)8-4-7-14-5-2-1-3-6-14/h1-12H,13H2,(H,22,24)/b7-4+,17-8-. The summed E-state index contributed by atoms with van der Waals surface area (Å²) in [6.07, 6.45) is 5.42. The molecule has 2 aromatic carbocycles. The van der Waals surface area contributed by atoms with Crippen LogP contribution >= 0.6 is 35.6 Å². The molecule has 7 heteroatoms. The Morgan fingerprint density at radius 1 is 1.15 bits per heavy atom. The van der Waals surface area contributed by atoms with Crippen molar-refractivity contribution in [2.24, 2.45) is 0 Å². The molecule has 0 saturated carbocycles. The molecule has 0 bridgehead atoms. The molecule has 1 saturated heterocycles. The zero-order valence-electron chi connectivity index (χ0n) is 14.1. The normalized spacial score (nSPS) is 15.7. The third-order valence-electron chi connectivity index (χ3n) is 3.64. The maximum absolute atomic E-state index is 12.5. The number of rotatable bonds is 5. The molecule has 27 heavy (non-hydrogen) atoms. The molecule has 0 radical (unpaired) electrons. The van der Waals surface area contributed by atoms with E-state index in [9.17, 15) is 9.59 Å². The van der Waals surface area contributed by atoms with Crippen LogP contribution in [0.15, 0.2) is 71.7 Å². The number of hydrogen-bond acceptors (Lipinski definition) is 4. The average Bonchev–Trinajstić information content (AvgIpc) is 2.92. The predicted molar refractivity (Wildman–Crippen MR) is 116 cm³/mol. The molecule has 4 nitrogen and oxygen atoms in total. The lowest BCUT2D eigenvalue weighted by molar-refractivity contribution is -0.126. The number of carbonyl (C=O) groups is 2. The van der Waals surface area contributed by atoms with Gasteiger partial charge in [-0.25, -0.2) is 0 Å². The van der Waals surface area contributed by atoms with Crippen molar-refractivity contribution >= 4 is 63.5 Å². The van der Waals surface area contributed by atoms with E-state index in [1.165, 1.54) is 16.7 Å². The molecule has 3 rings (SSSR count). The number of halogens is 1. The topological polar surface area (TPSA) is 49.4 Å². The summed E-state index contributed by atoms with van der Waals surface area (Å²) in [6.45, 7) is -0.132. The summed E-state index contributed by atoms with van der Waals surface area (Å²) in [5.41, 5.74) is 1.64. The van der Waals surface area contributed by atoms with Gasteiger partial charge in [0.2, 0.25) is 5.91 Å². The fourth-order valence-corrected chi connectivity index (χ4v) is 3.67. The first kappa shape index (κ1) is 19.4. The lowest BCUT2D eigenvalue weighted by atomic mass is 10.2. The smallest absolute Gasteiger partial charge is 0.266 e. The van der Waals surface area contributed by atoms with Crippen molar-refractivity contribution in [3.8, 4) is 0 Å². The fraction of sp³-hybridized carbons (Fsp3) is 0.0500. The van der Waals surface area contributed by atoms with Gasteiger partial charge in [-0.05, 0) is 35.9 Å². The quantitative estimate of drug-likeness (QED) is 0.567. The summed E-state index contributed by atoms with van der Waals surface area (Å²) in [7, 11) is 0. The maximum atomic E-state index is 12.5. The number of nitrogens with one attached hydrogen (secondary N) is 1. The van der Waals surface area contributed by atoms with E-state index in [1.807, 2.05) is 36.4 Å². The molecular formula is C20H15ClN2O2S2. The van der Waals surface area contributed by atoms with Gasteiger partial charge in [0.15, 0.2) is 0 Å². The summed E-state index contributed by atoms with van der Waals surface area (Å²) in [5, 5.41) is 3.30. The van der Waals surface area contributed by atoms with Gasteiger partial charge in [0.25, 0.3) is 5.91 Å². The number of carbonyl (C=O) groups excluding carboxylic acids is 2. The second-order valence-corrected chi connectivity index (χ2v) is 7.73. The number of allylic oxidation sites excluding steroid dienone is 2. The number of anilines is 1. The monoisotopic (exact) mass is 414 g/mol. The predicted octanol–water partition coefficient (Wildman–Crippen LogP) is 4.74. The first-order valence-corrected chi connectivity index (χ1v) is 9.66. The summed E-state index contributed by atoms with van der Waals surface area (Å²) in [6, 6.07) is 16.5. The van der Waals surface area contributed by atoms with Crippen molar-refractivity contribution in [1.82, 2.24) is 4.90 Å². The number of thiocarbonyl (C=S) groups is 1. The zero-order valence-corrected chi connectivity index (χ0v) is 16.5. The van der Waals surface area contributed by atoms with Crippen LogP contribution in [0.4, 0.5) is 5.69 Å². The number of hydrogen-bond donors (Lipinski definition) is 1. The van der Waals surface area contributed by atoms with E-state index in [1.54, 1.807) is 36.4 Å². The van der Waals surface area contributed by atoms with Gasteiger partial charge in [-0.3, -0.25) is 14.5 Å². The lowest BCUT2D eigenvalue weighted by Gasteiger charge is -2.14. The first-order valence-electron chi connectivity index (χ1n) is 8.05. The van der Waals surface area contributed by atoms with E-state index in [0.29, 0.717) is 19.9 Å². The minimum Gasteiger partial charge on any atom is -0.325 e. The molecule has 0 aliphatic carbocycles. The van der Waals surface area contributed by atoms with Crippen LogP contribution in [0.5, 0.6) is 0 Å². The van der Waals surface area contributed by atoms with Crippen molar-refractivity contribution in [2.75, 3.05) is 11.9 Å². The minimum absolute atomic E-state index is 0.132. The van der Waals surface area contributed by atoms with Crippen molar-refractivity contribution < 1.29 is 9.59 Å². The fourth-order valence-electron chi connectivity index (χ4n) is 2.34. The molecule has 0 spiro atoms. The Hall–Kier alpha value is -2.41. The Morgan fingerprint density at radius 2 is 1.85 bits per heavy atom. The molecular weight excluding hydrogens is 400 g/mol.